The molecule has 0 bridgehead atoms. The van der Waals surface area contributed by atoms with Crippen molar-refractivity contribution in [2.75, 3.05) is 12.3 Å². The highest BCUT2D eigenvalue weighted by molar-refractivity contribution is 7.85. The summed E-state index contributed by atoms with van der Waals surface area (Å²) in [4.78, 5) is 0.739. The molecule has 2 atom stereocenters. The van der Waals surface area contributed by atoms with Gasteiger partial charge in [-0.15, -0.1) is 0 Å². The van der Waals surface area contributed by atoms with E-state index in [9.17, 15) is 4.21 Å². The van der Waals surface area contributed by atoms with Gasteiger partial charge in [-0.2, -0.15) is 0 Å². The van der Waals surface area contributed by atoms with Crippen LogP contribution in [0, 0.1) is 0 Å². The number of hydrogen-bond donors (Lipinski definition) is 1. The van der Waals surface area contributed by atoms with E-state index in [1.54, 1.807) is 18.2 Å². The molecule has 0 saturated carbocycles. The minimum atomic E-state index is -1.04. The third-order valence-electron chi connectivity index (χ3n) is 2.64. The molecule has 1 rings (SSSR count). The largest absolute Gasteiger partial charge is 0.313 e. The van der Waals surface area contributed by atoms with Crippen LogP contribution in [0.2, 0.25) is 10.0 Å². The SMILES string of the molecule is CCCC(CS(=O)c1ccc(Cl)c(Cl)c1)NCC. The fourth-order valence-electron chi connectivity index (χ4n) is 1.78. The molecule has 2 nitrogen and oxygen atoms in total. The molecule has 0 aliphatic rings. The number of nitrogens with one attached hydrogen (secondary N) is 1. The number of hydrogen-bond acceptors (Lipinski definition) is 2. The van der Waals surface area contributed by atoms with Crippen molar-refractivity contribution in [3.05, 3.63) is 28.2 Å². The van der Waals surface area contributed by atoms with Crippen molar-refractivity contribution in [2.24, 2.45) is 0 Å². The summed E-state index contributed by atoms with van der Waals surface area (Å²) in [5.41, 5.74) is 0. The summed E-state index contributed by atoms with van der Waals surface area (Å²) in [6.45, 7) is 5.08. The molecular weight excluding hydrogens is 289 g/mol. The van der Waals surface area contributed by atoms with Crippen LogP contribution in [0.5, 0.6) is 0 Å². The second-order valence-corrected chi connectivity index (χ2v) is 6.44. The summed E-state index contributed by atoms with van der Waals surface area (Å²) in [6.07, 6.45) is 2.11. The Labute approximate surface area is 122 Å². The minimum Gasteiger partial charge on any atom is -0.313 e. The van der Waals surface area contributed by atoms with E-state index in [2.05, 4.69) is 19.2 Å². The van der Waals surface area contributed by atoms with E-state index in [-0.39, 0.29) is 6.04 Å². The molecule has 0 aliphatic heterocycles. The van der Waals surface area contributed by atoms with Crippen LogP contribution in [0.4, 0.5) is 0 Å². The van der Waals surface area contributed by atoms with Gasteiger partial charge in [-0.3, -0.25) is 4.21 Å². The molecule has 5 heteroatoms. The van der Waals surface area contributed by atoms with Gasteiger partial charge in [-0.25, -0.2) is 0 Å². The van der Waals surface area contributed by atoms with Crippen LogP contribution in [0.1, 0.15) is 26.7 Å². The lowest BCUT2D eigenvalue weighted by atomic mass is 10.2. The van der Waals surface area contributed by atoms with Crippen LogP contribution >= 0.6 is 23.2 Å². The molecule has 1 aromatic carbocycles. The first-order chi connectivity index (χ1) is 8.58. The van der Waals surface area contributed by atoms with Gasteiger partial charge >= 0.3 is 0 Å². The normalized spacial score (nSPS) is 14.4. The van der Waals surface area contributed by atoms with E-state index in [0.29, 0.717) is 15.8 Å². The van der Waals surface area contributed by atoms with Gasteiger partial charge in [0, 0.05) is 16.7 Å². The molecule has 102 valence electrons. The van der Waals surface area contributed by atoms with Crippen molar-refractivity contribution in [2.45, 2.75) is 37.6 Å². The van der Waals surface area contributed by atoms with Crippen LogP contribution < -0.4 is 5.32 Å². The van der Waals surface area contributed by atoms with Gasteiger partial charge in [-0.1, -0.05) is 43.5 Å². The molecule has 0 spiro atoms. The molecular formula is C13H19Cl2NOS. The average molecular weight is 308 g/mol. The minimum absolute atomic E-state index is 0.287. The predicted molar refractivity (Wildman–Crippen MR) is 80.1 cm³/mol. The van der Waals surface area contributed by atoms with Crippen molar-refractivity contribution in [3.8, 4) is 0 Å². The second-order valence-electron chi connectivity index (χ2n) is 4.13. The molecule has 0 heterocycles. The van der Waals surface area contributed by atoms with Gasteiger partial charge in [0.25, 0.3) is 0 Å². The summed E-state index contributed by atoms with van der Waals surface area (Å²) in [5, 5.41) is 4.31. The molecule has 18 heavy (non-hydrogen) atoms. The average Bonchev–Trinajstić information content (AvgIpc) is 2.33. The Kier molecular flexibility index (Phi) is 7.23. The monoisotopic (exact) mass is 307 g/mol. The molecule has 1 N–H and O–H groups in total. The zero-order valence-electron chi connectivity index (χ0n) is 10.7. The van der Waals surface area contributed by atoms with E-state index in [0.717, 1.165) is 24.3 Å². The Morgan fingerprint density at radius 3 is 2.56 bits per heavy atom. The zero-order chi connectivity index (χ0) is 13.5. The van der Waals surface area contributed by atoms with Crippen LogP contribution in [0.15, 0.2) is 23.1 Å². The molecule has 0 aromatic heterocycles. The maximum Gasteiger partial charge on any atom is 0.0604 e. The molecule has 0 radical (unpaired) electrons. The topological polar surface area (TPSA) is 29.1 Å². The first kappa shape index (κ1) is 16.0. The molecule has 0 fully saturated rings. The van der Waals surface area contributed by atoms with Crippen LogP contribution in [-0.2, 0) is 10.8 Å². The molecule has 0 amide bonds. The lowest BCUT2D eigenvalue weighted by Gasteiger charge is -2.16. The predicted octanol–water partition coefficient (Wildman–Crippen LogP) is 3.88. The Morgan fingerprint density at radius 2 is 2.00 bits per heavy atom. The second kappa shape index (κ2) is 8.16. The van der Waals surface area contributed by atoms with E-state index in [1.807, 2.05) is 0 Å². The van der Waals surface area contributed by atoms with Gasteiger partial charge in [-0.05, 0) is 31.2 Å². The van der Waals surface area contributed by atoms with Gasteiger partial charge in [0.05, 0.1) is 20.8 Å². The fourth-order valence-corrected chi connectivity index (χ4v) is 3.45. The Hall–Kier alpha value is -0.0900. The van der Waals surface area contributed by atoms with Crippen molar-refractivity contribution in [1.82, 2.24) is 5.32 Å². The first-order valence-electron chi connectivity index (χ1n) is 6.15. The standard InChI is InChI=1S/C13H19Cl2NOS/c1-3-5-10(16-4-2)9-18(17)11-6-7-12(14)13(15)8-11/h6-8,10,16H,3-5,9H2,1-2H3. The molecule has 0 saturated heterocycles. The zero-order valence-corrected chi connectivity index (χ0v) is 13.0. The molecule has 0 aliphatic carbocycles. The summed E-state index contributed by atoms with van der Waals surface area (Å²) in [6, 6.07) is 5.45. The summed E-state index contributed by atoms with van der Waals surface area (Å²) >= 11 is 11.8. The van der Waals surface area contributed by atoms with E-state index >= 15 is 0 Å². The van der Waals surface area contributed by atoms with Crippen molar-refractivity contribution in [1.29, 1.82) is 0 Å². The van der Waals surface area contributed by atoms with Crippen LogP contribution in [0.3, 0.4) is 0 Å². The van der Waals surface area contributed by atoms with Crippen molar-refractivity contribution < 1.29 is 4.21 Å². The first-order valence-corrected chi connectivity index (χ1v) is 8.22. The Morgan fingerprint density at radius 1 is 1.28 bits per heavy atom. The fraction of sp³-hybridized carbons (Fsp3) is 0.538. The molecule has 1 aromatic rings. The maximum absolute atomic E-state index is 12.2. The summed E-state index contributed by atoms with van der Waals surface area (Å²) in [5.74, 6) is 0.611. The van der Waals surface area contributed by atoms with Gasteiger partial charge in [0.1, 0.15) is 0 Å². The van der Waals surface area contributed by atoms with Crippen LogP contribution in [-0.4, -0.2) is 22.5 Å². The Bertz CT molecular complexity index is 406. The highest BCUT2D eigenvalue weighted by Crippen LogP contribution is 2.24. The third-order valence-corrected chi connectivity index (χ3v) is 4.86. The number of halogens is 2. The van der Waals surface area contributed by atoms with E-state index in [1.165, 1.54) is 0 Å². The molecule has 2 unspecified atom stereocenters. The van der Waals surface area contributed by atoms with Gasteiger partial charge in [0.15, 0.2) is 0 Å². The van der Waals surface area contributed by atoms with Crippen molar-refractivity contribution >= 4 is 34.0 Å². The number of benzene rings is 1. The summed E-state index contributed by atoms with van der Waals surface area (Å²) in [7, 11) is -1.04. The summed E-state index contributed by atoms with van der Waals surface area (Å²) < 4.78 is 12.2. The number of rotatable bonds is 7. The maximum atomic E-state index is 12.2. The van der Waals surface area contributed by atoms with Crippen molar-refractivity contribution in [3.63, 3.8) is 0 Å². The van der Waals surface area contributed by atoms with Gasteiger partial charge in [0.2, 0.25) is 0 Å². The Balaban J connectivity index is 2.70. The highest BCUT2D eigenvalue weighted by atomic mass is 35.5. The third kappa shape index (κ3) is 4.88. The van der Waals surface area contributed by atoms with E-state index < -0.39 is 10.8 Å². The van der Waals surface area contributed by atoms with E-state index in [4.69, 9.17) is 23.2 Å². The van der Waals surface area contributed by atoms with Crippen LogP contribution in [0.25, 0.3) is 0 Å². The highest BCUT2D eigenvalue weighted by Gasteiger charge is 2.13. The lowest BCUT2D eigenvalue weighted by Crippen LogP contribution is -2.33. The smallest absolute Gasteiger partial charge is 0.0604 e. The van der Waals surface area contributed by atoms with Gasteiger partial charge < -0.3 is 5.32 Å². The lowest BCUT2D eigenvalue weighted by molar-refractivity contribution is 0.525. The quantitative estimate of drug-likeness (QED) is 0.828.